The van der Waals surface area contributed by atoms with Crippen LogP contribution in [0.1, 0.15) is 0 Å². The zero-order valence-corrected chi connectivity index (χ0v) is 11.7. The quantitative estimate of drug-likeness (QED) is 0.945. The minimum absolute atomic E-state index is 0.0241. The van der Waals surface area contributed by atoms with E-state index < -0.39 is 15.8 Å². The molecule has 0 spiro atoms. The van der Waals surface area contributed by atoms with E-state index in [-0.39, 0.29) is 10.6 Å². The Labute approximate surface area is 121 Å². The van der Waals surface area contributed by atoms with E-state index in [1.54, 1.807) is 0 Å². The lowest BCUT2D eigenvalue weighted by Gasteiger charge is -2.19. The summed E-state index contributed by atoms with van der Waals surface area (Å²) in [6, 6.07) is 9.58. The summed E-state index contributed by atoms with van der Waals surface area (Å²) in [6.45, 7) is 0.800. The number of hydrogen-bond donors (Lipinski definition) is 1. The standard InChI is InChI=1S/C14H12FNO4S/c15-10-2-1-3-11(8-10)16-21(17,18)12-4-5-13-14(9-12)20-7-6-19-13/h1-5,8-9,16H,6-7H2. The van der Waals surface area contributed by atoms with Crippen LogP contribution in [0.3, 0.4) is 0 Å². The summed E-state index contributed by atoms with van der Waals surface area (Å²) >= 11 is 0. The van der Waals surface area contributed by atoms with E-state index in [0.717, 1.165) is 6.07 Å². The highest BCUT2D eigenvalue weighted by atomic mass is 32.2. The van der Waals surface area contributed by atoms with Crippen molar-refractivity contribution in [2.45, 2.75) is 4.90 Å². The number of anilines is 1. The molecule has 2 aromatic carbocycles. The maximum absolute atomic E-state index is 13.1. The second-order valence-electron chi connectivity index (χ2n) is 4.42. The van der Waals surface area contributed by atoms with Crippen LogP contribution in [0.5, 0.6) is 11.5 Å². The van der Waals surface area contributed by atoms with Gasteiger partial charge in [-0.05, 0) is 30.3 Å². The summed E-state index contributed by atoms with van der Waals surface area (Å²) in [5, 5.41) is 0. The molecule has 1 aliphatic rings. The molecule has 0 unspecified atom stereocenters. The second-order valence-corrected chi connectivity index (χ2v) is 6.10. The van der Waals surface area contributed by atoms with Crippen LogP contribution in [0.25, 0.3) is 0 Å². The molecule has 1 N–H and O–H groups in total. The van der Waals surface area contributed by atoms with Gasteiger partial charge in [0.05, 0.1) is 10.6 Å². The molecule has 1 heterocycles. The number of hydrogen-bond acceptors (Lipinski definition) is 4. The number of fused-ring (bicyclic) bond motifs is 1. The molecule has 5 nitrogen and oxygen atoms in total. The number of rotatable bonds is 3. The van der Waals surface area contributed by atoms with Crippen LogP contribution in [0.4, 0.5) is 10.1 Å². The fraction of sp³-hybridized carbons (Fsp3) is 0.143. The van der Waals surface area contributed by atoms with Gasteiger partial charge in [-0.1, -0.05) is 6.07 Å². The van der Waals surface area contributed by atoms with Gasteiger partial charge in [0.2, 0.25) is 0 Å². The number of ether oxygens (including phenoxy) is 2. The molecule has 21 heavy (non-hydrogen) atoms. The van der Waals surface area contributed by atoms with Crippen molar-refractivity contribution in [3.8, 4) is 11.5 Å². The normalized spacial score (nSPS) is 13.8. The highest BCUT2D eigenvalue weighted by Gasteiger charge is 2.19. The molecular weight excluding hydrogens is 297 g/mol. The molecular formula is C14H12FNO4S. The number of nitrogens with one attached hydrogen (secondary N) is 1. The Morgan fingerprint density at radius 3 is 2.52 bits per heavy atom. The van der Waals surface area contributed by atoms with Crippen molar-refractivity contribution < 1.29 is 22.3 Å². The molecule has 0 fully saturated rings. The van der Waals surface area contributed by atoms with Gasteiger partial charge in [-0.15, -0.1) is 0 Å². The average Bonchev–Trinajstić information content (AvgIpc) is 2.46. The van der Waals surface area contributed by atoms with Crippen LogP contribution in [-0.2, 0) is 10.0 Å². The monoisotopic (exact) mass is 309 g/mol. The minimum Gasteiger partial charge on any atom is -0.486 e. The highest BCUT2D eigenvalue weighted by Crippen LogP contribution is 2.32. The molecule has 2 aromatic rings. The lowest BCUT2D eigenvalue weighted by Crippen LogP contribution is -2.17. The van der Waals surface area contributed by atoms with Gasteiger partial charge in [-0.2, -0.15) is 0 Å². The Bertz CT molecular complexity index is 776. The summed E-state index contributed by atoms with van der Waals surface area (Å²) in [5.74, 6) is 0.367. The molecule has 0 aliphatic carbocycles. The van der Waals surface area contributed by atoms with Gasteiger partial charge in [0.1, 0.15) is 19.0 Å². The number of halogens is 1. The molecule has 110 valence electrons. The smallest absolute Gasteiger partial charge is 0.262 e. The van der Waals surface area contributed by atoms with Crippen molar-refractivity contribution >= 4 is 15.7 Å². The third kappa shape index (κ3) is 2.92. The lowest BCUT2D eigenvalue weighted by atomic mass is 10.3. The number of benzene rings is 2. The van der Waals surface area contributed by atoms with Crippen LogP contribution < -0.4 is 14.2 Å². The van der Waals surface area contributed by atoms with Crippen LogP contribution >= 0.6 is 0 Å². The molecule has 1 aliphatic heterocycles. The Balaban J connectivity index is 1.91. The Morgan fingerprint density at radius 2 is 1.76 bits per heavy atom. The van der Waals surface area contributed by atoms with Gasteiger partial charge < -0.3 is 9.47 Å². The fourth-order valence-electron chi connectivity index (χ4n) is 1.96. The first kappa shape index (κ1) is 13.7. The molecule has 0 radical (unpaired) electrons. The summed E-state index contributed by atoms with van der Waals surface area (Å²) in [7, 11) is -3.82. The molecule has 0 saturated heterocycles. The lowest BCUT2D eigenvalue weighted by molar-refractivity contribution is 0.171. The zero-order valence-electron chi connectivity index (χ0n) is 10.9. The van der Waals surface area contributed by atoms with E-state index in [9.17, 15) is 12.8 Å². The van der Waals surface area contributed by atoms with Gasteiger partial charge in [0, 0.05) is 6.07 Å². The van der Waals surface area contributed by atoms with Crippen LogP contribution in [0, 0.1) is 5.82 Å². The molecule has 0 aromatic heterocycles. The van der Waals surface area contributed by atoms with E-state index in [1.807, 2.05) is 0 Å². The Hall–Kier alpha value is -2.28. The summed E-state index contributed by atoms with van der Waals surface area (Å²) in [5.41, 5.74) is 0.157. The van der Waals surface area contributed by atoms with Crippen molar-refractivity contribution in [3.63, 3.8) is 0 Å². The van der Waals surface area contributed by atoms with Crippen molar-refractivity contribution in [1.82, 2.24) is 0 Å². The topological polar surface area (TPSA) is 64.6 Å². The van der Waals surface area contributed by atoms with E-state index in [1.165, 1.54) is 36.4 Å². The van der Waals surface area contributed by atoms with Crippen LogP contribution in [-0.4, -0.2) is 21.6 Å². The third-order valence-corrected chi connectivity index (χ3v) is 4.28. The minimum atomic E-state index is -3.82. The van der Waals surface area contributed by atoms with Gasteiger partial charge in [0.25, 0.3) is 10.0 Å². The Morgan fingerprint density at radius 1 is 1.00 bits per heavy atom. The van der Waals surface area contributed by atoms with E-state index in [4.69, 9.17) is 9.47 Å². The van der Waals surface area contributed by atoms with Crippen molar-refractivity contribution in [2.75, 3.05) is 17.9 Å². The van der Waals surface area contributed by atoms with Crippen molar-refractivity contribution in [1.29, 1.82) is 0 Å². The van der Waals surface area contributed by atoms with Gasteiger partial charge >= 0.3 is 0 Å². The summed E-state index contributed by atoms with van der Waals surface area (Å²) in [4.78, 5) is 0.0241. The van der Waals surface area contributed by atoms with Crippen molar-refractivity contribution in [3.05, 3.63) is 48.3 Å². The highest BCUT2D eigenvalue weighted by molar-refractivity contribution is 7.92. The molecule has 0 atom stereocenters. The second kappa shape index (κ2) is 5.25. The van der Waals surface area contributed by atoms with Crippen LogP contribution in [0.15, 0.2) is 47.4 Å². The van der Waals surface area contributed by atoms with E-state index in [0.29, 0.717) is 24.7 Å². The first-order valence-electron chi connectivity index (χ1n) is 6.23. The molecule has 7 heteroatoms. The summed E-state index contributed by atoms with van der Waals surface area (Å²) < 4.78 is 50.6. The van der Waals surface area contributed by atoms with Crippen LogP contribution in [0.2, 0.25) is 0 Å². The molecule has 0 bridgehead atoms. The first-order valence-corrected chi connectivity index (χ1v) is 7.71. The fourth-order valence-corrected chi connectivity index (χ4v) is 3.02. The Kier molecular flexibility index (Phi) is 3.42. The third-order valence-electron chi connectivity index (χ3n) is 2.90. The predicted molar refractivity (Wildman–Crippen MR) is 74.6 cm³/mol. The molecule has 0 amide bonds. The average molecular weight is 309 g/mol. The zero-order chi connectivity index (χ0) is 14.9. The first-order chi connectivity index (χ1) is 10.0. The van der Waals surface area contributed by atoms with Gasteiger partial charge in [-0.25, -0.2) is 12.8 Å². The van der Waals surface area contributed by atoms with E-state index >= 15 is 0 Å². The predicted octanol–water partition coefficient (Wildman–Crippen LogP) is 2.40. The summed E-state index contributed by atoms with van der Waals surface area (Å²) in [6.07, 6.45) is 0. The molecule has 3 rings (SSSR count). The van der Waals surface area contributed by atoms with Gasteiger partial charge in [-0.3, -0.25) is 4.72 Å². The van der Waals surface area contributed by atoms with Crippen molar-refractivity contribution in [2.24, 2.45) is 0 Å². The number of sulfonamides is 1. The largest absolute Gasteiger partial charge is 0.486 e. The molecule has 0 saturated carbocycles. The maximum atomic E-state index is 13.1. The van der Waals surface area contributed by atoms with Gasteiger partial charge in [0.15, 0.2) is 11.5 Å². The SMILES string of the molecule is O=S(=O)(Nc1cccc(F)c1)c1ccc2c(c1)OCCO2. The van der Waals surface area contributed by atoms with E-state index in [2.05, 4.69) is 4.72 Å². The maximum Gasteiger partial charge on any atom is 0.262 e.